The van der Waals surface area contributed by atoms with Gasteiger partial charge in [-0.15, -0.1) is 0 Å². The van der Waals surface area contributed by atoms with Crippen LogP contribution in [-0.4, -0.2) is 47.4 Å². The molecular weight excluding hydrogens is 827 g/mol. The van der Waals surface area contributed by atoms with Gasteiger partial charge < -0.3 is 20.3 Å². The van der Waals surface area contributed by atoms with Gasteiger partial charge in [-0.3, -0.25) is 9.59 Å². The van der Waals surface area contributed by atoms with Crippen LogP contribution in [-0.2, 0) is 14.3 Å². The molecule has 0 fully saturated rings. The van der Waals surface area contributed by atoms with Crippen molar-refractivity contribution >= 4 is 11.9 Å². The van der Waals surface area contributed by atoms with Crippen molar-refractivity contribution in [1.29, 1.82) is 0 Å². The van der Waals surface area contributed by atoms with Crippen molar-refractivity contribution < 1.29 is 24.5 Å². The zero-order valence-corrected chi connectivity index (χ0v) is 45.4. The summed E-state index contributed by atoms with van der Waals surface area (Å²) < 4.78 is 5.49. The number of nitrogens with one attached hydrogen (secondary N) is 1. The maximum absolute atomic E-state index is 12.5. The number of amides is 1. The first-order chi connectivity index (χ1) is 33.0. The van der Waals surface area contributed by atoms with Crippen molar-refractivity contribution in [2.75, 3.05) is 13.2 Å². The van der Waals surface area contributed by atoms with Gasteiger partial charge in [-0.1, -0.05) is 309 Å². The van der Waals surface area contributed by atoms with Crippen LogP contribution in [0.5, 0.6) is 0 Å². The van der Waals surface area contributed by atoms with E-state index >= 15 is 0 Å². The molecule has 2 atom stereocenters. The highest BCUT2D eigenvalue weighted by Crippen LogP contribution is 2.18. The lowest BCUT2D eigenvalue weighted by Gasteiger charge is -2.20. The number of unbranched alkanes of at least 4 members (excludes halogenated alkanes) is 46. The first-order valence-electron chi connectivity index (χ1n) is 30.5. The second-order valence-corrected chi connectivity index (χ2v) is 21.0. The number of carbonyl (C=O) groups excluding carboxylic acids is 2. The van der Waals surface area contributed by atoms with Gasteiger partial charge in [0.15, 0.2) is 0 Å². The lowest BCUT2D eigenvalue weighted by atomic mass is 10.0. The number of allylic oxidation sites excluding steroid dienone is 1. The molecular formula is C61H119NO5. The van der Waals surface area contributed by atoms with Crippen LogP contribution in [0.25, 0.3) is 0 Å². The molecule has 0 heterocycles. The SMILES string of the molecule is CCCCCCCCCCCCCCC/C=C/C(O)C(CO)NC(=O)CCCCCCCCCCCCCCCCCCCCCCOC(=O)CCCCCCCCCCCCCCCCC. The van der Waals surface area contributed by atoms with Crippen molar-refractivity contribution in [3.8, 4) is 0 Å². The number of hydrogen-bond acceptors (Lipinski definition) is 5. The Hall–Kier alpha value is -1.40. The van der Waals surface area contributed by atoms with Crippen molar-refractivity contribution in [1.82, 2.24) is 5.32 Å². The average Bonchev–Trinajstić information content (AvgIpc) is 3.33. The smallest absolute Gasteiger partial charge is 0.305 e. The number of esters is 1. The van der Waals surface area contributed by atoms with E-state index in [0.717, 1.165) is 38.5 Å². The van der Waals surface area contributed by atoms with E-state index in [9.17, 15) is 19.8 Å². The molecule has 0 spiro atoms. The Morgan fingerprint density at radius 3 is 1.01 bits per heavy atom. The monoisotopic (exact) mass is 946 g/mol. The van der Waals surface area contributed by atoms with Gasteiger partial charge in [0.05, 0.1) is 25.4 Å². The molecule has 0 rings (SSSR count). The second kappa shape index (κ2) is 57.2. The van der Waals surface area contributed by atoms with Gasteiger partial charge in [-0.25, -0.2) is 0 Å². The molecule has 0 aliphatic rings. The zero-order valence-electron chi connectivity index (χ0n) is 45.4. The number of aliphatic hydroxyl groups excluding tert-OH is 2. The summed E-state index contributed by atoms with van der Waals surface area (Å²) in [6.45, 7) is 4.92. The van der Waals surface area contributed by atoms with Crippen molar-refractivity contribution in [3.63, 3.8) is 0 Å². The Kier molecular flexibility index (Phi) is 56.0. The zero-order chi connectivity index (χ0) is 48.6. The van der Waals surface area contributed by atoms with Crippen molar-refractivity contribution in [3.05, 3.63) is 12.2 Å². The van der Waals surface area contributed by atoms with E-state index in [4.69, 9.17) is 4.74 Å². The Labute approximate surface area is 419 Å². The Morgan fingerprint density at radius 1 is 0.403 bits per heavy atom. The summed E-state index contributed by atoms with van der Waals surface area (Å²) in [5.41, 5.74) is 0. The minimum atomic E-state index is -0.844. The van der Waals surface area contributed by atoms with Crippen LogP contribution in [0, 0.1) is 0 Å². The maximum atomic E-state index is 12.5. The van der Waals surface area contributed by atoms with Gasteiger partial charge >= 0.3 is 5.97 Å². The molecule has 6 heteroatoms. The number of rotatable bonds is 57. The molecule has 3 N–H and O–H groups in total. The molecule has 0 aliphatic heterocycles. The first-order valence-corrected chi connectivity index (χ1v) is 30.5. The predicted octanol–water partition coefficient (Wildman–Crippen LogP) is 18.9. The Morgan fingerprint density at radius 2 is 0.687 bits per heavy atom. The van der Waals surface area contributed by atoms with Gasteiger partial charge in [0.25, 0.3) is 0 Å². The van der Waals surface area contributed by atoms with E-state index in [-0.39, 0.29) is 18.5 Å². The largest absolute Gasteiger partial charge is 0.466 e. The van der Waals surface area contributed by atoms with Gasteiger partial charge in [-0.2, -0.15) is 0 Å². The van der Waals surface area contributed by atoms with Crippen molar-refractivity contribution in [2.24, 2.45) is 0 Å². The molecule has 0 aromatic carbocycles. The van der Waals surface area contributed by atoms with Crippen LogP contribution in [0.2, 0.25) is 0 Å². The second-order valence-electron chi connectivity index (χ2n) is 21.0. The topological polar surface area (TPSA) is 95.9 Å². The average molecular weight is 947 g/mol. The van der Waals surface area contributed by atoms with Gasteiger partial charge in [-0.05, 0) is 32.1 Å². The van der Waals surface area contributed by atoms with E-state index in [1.807, 2.05) is 6.08 Å². The summed E-state index contributed by atoms with van der Waals surface area (Å²) in [5.74, 6) is -0.0542. The van der Waals surface area contributed by atoms with Crippen LogP contribution in [0.15, 0.2) is 12.2 Å². The molecule has 1 amide bonds. The standard InChI is InChI=1S/C61H119NO5/c1-3-5-7-9-11-13-15-17-25-29-33-37-41-45-49-53-59(64)58(57-63)62-60(65)54-50-46-42-38-34-30-27-23-21-19-20-22-24-28-32-36-40-44-48-52-56-67-61(66)55-51-47-43-39-35-31-26-18-16-14-12-10-8-6-4-2/h49,53,58-59,63-64H,3-48,50-52,54-57H2,1-2H3,(H,62,65)/b53-49+. The Bertz CT molecular complexity index is 1000. The van der Waals surface area contributed by atoms with Crippen LogP contribution in [0.4, 0.5) is 0 Å². The van der Waals surface area contributed by atoms with Crippen LogP contribution in [0.1, 0.15) is 341 Å². The molecule has 0 radical (unpaired) electrons. The quantitative estimate of drug-likeness (QED) is 0.0321. The summed E-state index contributed by atoms with van der Waals surface area (Å²) >= 11 is 0. The summed E-state index contributed by atoms with van der Waals surface area (Å²) in [6.07, 6.45) is 68.1. The van der Waals surface area contributed by atoms with E-state index in [1.54, 1.807) is 6.08 Å². The minimum absolute atomic E-state index is 0.0134. The van der Waals surface area contributed by atoms with E-state index in [0.29, 0.717) is 19.4 Å². The highest BCUT2D eigenvalue weighted by Gasteiger charge is 2.18. The number of hydrogen-bond donors (Lipinski definition) is 3. The first kappa shape index (κ1) is 65.6. The van der Waals surface area contributed by atoms with E-state index < -0.39 is 12.1 Å². The molecule has 0 saturated carbocycles. The summed E-state index contributed by atoms with van der Waals surface area (Å²) in [4.78, 5) is 24.5. The van der Waals surface area contributed by atoms with Crippen LogP contribution in [0.3, 0.4) is 0 Å². The molecule has 0 bridgehead atoms. The molecule has 6 nitrogen and oxygen atoms in total. The minimum Gasteiger partial charge on any atom is -0.466 e. The fraction of sp³-hybridized carbons (Fsp3) is 0.934. The highest BCUT2D eigenvalue weighted by atomic mass is 16.5. The molecule has 0 aromatic heterocycles. The maximum Gasteiger partial charge on any atom is 0.305 e. The molecule has 0 aromatic rings. The lowest BCUT2D eigenvalue weighted by molar-refractivity contribution is -0.143. The molecule has 67 heavy (non-hydrogen) atoms. The number of aliphatic hydroxyl groups is 2. The van der Waals surface area contributed by atoms with Crippen molar-refractivity contribution in [2.45, 2.75) is 353 Å². The Balaban J connectivity index is 3.39. The van der Waals surface area contributed by atoms with Gasteiger partial charge in [0.2, 0.25) is 5.91 Å². The van der Waals surface area contributed by atoms with Gasteiger partial charge in [0.1, 0.15) is 0 Å². The normalized spacial score (nSPS) is 12.6. The third-order valence-electron chi connectivity index (χ3n) is 14.3. The summed E-state index contributed by atoms with van der Waals surface area (Å²) in [7, 11) is 0. The highest BCUT2D eigenvalue weighted by molar-refractivity contribution is 5.76. The summed E-state index contributed by atoms with van der Waals surface area (Å²) in [5, 5.41) is 23.1. The van der Waals surface area contributed by atoms with E-state index in [1.165, 1.54) is 276 Å². The lowest BCUT2D eigenvalue weighted by Crippen LogP contribution is -2.45. The number of carbonyl (C=O) groups is 2. The third-order valence-corrected chi connectivity index (χ3v) is 14.3. The fourth-order valence-corrected chi connectivity index (χ4v) is 9.64. The van der Waals surface area contributed by atoms with E-state index in [2.05, 4.69) is 19.2 Å². The molecule has 2 unspecified atom stereocenters. The van der Waals surface area contributed by atoms with Crippen LogP contribution < -0.4 is 5.32 Å². The molecule has 0 saturated heterocycles. The van der Waals surface area contributed by atoms with Gasteiger partial charge in [0, 0.05) is 12.8 Å². The molecule has 0 aliphatic carbocycles. The van der Waals surface area contributed by atoms with Crippen LogP contribution >= 0.6 is 0 Å². The third kappa shape index (κ3) is 53.8. The molecule has 398 valence electrons. The predicted molar refractivity (Wildman–Crippen MR) is 292 cm³/mol. The number of ether oxygens (including phenoxy) is 1. The fourth-order valence-electron chi connectivity index (χ4n) is 9.64. The summed E-state index contributed by atoms with van der Waals surface area (Å²) in [6, 6.07) is -0.628.